The van der Waals surface area contributed by atoms with Gasteiger partial charge < -0.3 is 9.84 Å². The van der Waals surface area contributed by atoms with Gasteiger partial charge in [-0.25, -0.2) is 0 Å². The molecular formula is C14H20O3. The largest absolute Gasteiger partial charge is 0.496 e. The number of ether oxygens (including phenoxy) is 1. The molecule has 94 valence electrons. The zero-order chi connectivity index (χ0) is 13.2. The molecule has 0 radical (unpaired) electrons. The van der Waals surface area contributed by atoms with E-state index in [1.807, 2.05) is 6.92 Å². The number of carbonyl (C=O) groups is 1. The normalized spacial score (nSPS) is 13.3. The van der Waals surface area contributed by atoms with Crippen LogP contribution in [0.25, 0.3) is 0 Å². The Labute approximate surface area is 102 Å². The minimum atomic E-state index is -1.07. The van der Waals surface area contributed by atoms with Crippen LogP contribution in [0.2, 0.25) is 0 Å². The first-order valence-corrected chi connectivity index (χ1v) is 5.64. The molecular weight excluding hydrogens is 216 g/mol. The Kier molecular flexibility index (Phi) is 3.94. The number of benzene rings is 1. The quantitative estimate of drug-likeness (QED) is 0.877. The summed E-state index contributed by atoms with van der Waals surface area (Å²) in [6, 6.07) is 5.27. The lowest BCUT2D eigenvalue weighted by Gasteiger charge is -2.21. The average Bonchev–Trinajstić information content (AvgIpc) is 2.25. The van der Waals surface area contributed by atoms with Crippen molar-refractivity contribution >= 4 is 5.78 Å². The molecule has 0 aliphatic rings. The van der Waals surface area contributed by atoms with Crippen molar-refractivity contribution in [3.05, 3.63) is 29.3 Å². The van der Waals surface area contributed by atoms with Crippen LogP contribution in [0.3, 0.4) is 0 Å². The monoisotopic (exact) mass is 236 g/mol. The SMILES string of the molecule is COc1ccc(C(O)C(=O)C(C)(C)C)cc1C. The standard InChI is InChI=1S/C14H20O3/c1-9-8-10(6-7-11(9)17-5)12(15)13(16)14(2,3)4/h6-8,12,15H,1-5H3. The van der Waals surface area contributed by atoms with Crippen molar-refractivity contribution in [2.24, 2.45) is 5.41 Å². The second kappa shape index (κ2) is 4.88. The first kappa shape index (κ1) is 13.7. The predicted octanol–water partition coefficient (Wildman–Crippen LogP) is 2.65. The number of hydrogen-bond acceptors (Lipinski definition) is 3. The fourth-order valence-electron chi connectivity index (χ4n) is 1.63. The van der Waals surface area contributed by atoms with Gasteiger partial charge in [-0.2, -0.15) is 0 Å². The summed E-state index contributed by atoms with van der Waals surface area (Å²) in [5, 5.41) is 10.0. The summed E-state index contributed by atoms with van der Waals surface area (Å²) < 4.78 is 5.14. The van der Waals surface area contributed by atoms with E-state index < -0.39 is 11.5 Å². The Balaban J connectivity index is 3.02. The fraction of sp³-hybridized carbons (Fsp3) is 0.500. The number of aliphatic hydroxyl groups is 1. The first-order valence-electron chi connectivity index (χ1n) is 5.64. The van der Waals surface area contributed by atoms with E-state index in [0.717, 1.165) is 11.3 Å². The molecule has 3 heteroatoms. The van der Waals surface area contributed by atoms with Gasteiger partial charge in [-0.1, -0.05) is 26.8 Å². The van der Waals surface area contributed by atoms with Crippen LogP contribution < -0.4 is 4.74 Å². The van der Waals surface area contributed by atoms with Gasteiger partial charge in [0, 0.05) is 5.41 Å². The number of methoxy groups -OCH3 is 1. The summed E-state index contributed by atoms with van der Waals surface area (Å²) >= 11 is 0. The zero-order valence-electron chi connectivity index (χ0n) is 11.1. The van der Waals surface area contributed by atoms with Crippen molar-refractivity contribution in [2.45, 2.75) is 33.8 Å². The minimum absolute atomic E-state index is 0.179. The van der Waals surface area contributed by atoms with Crippen LogP contribution in [0, 0.1) is 12.3 Å². The van der Waals surface area contributed by atoms with E-state index in [1.54, 1.807) is 46.1 Å². The molecule has 1 rings (SSSR count). The van der Waals surface area contributed by atoms with E-state index in [9.17, 15) is 9.90 Å². The van der Waals surface area contributed by atoms with Crippen molar-refractivity contribution in [1.29, 1.82) is 0 Å². The smallest absolute Gasteiger partial charge is 0.171 e. The molecule has 17 heavy (non-hydrogen) atoms. The lowest BCUT2D eigenvalue weighted by Crippen LogP contribution is -2.26. The molecule has 0 fully saturated rings. The van der Waals surface area contributed by atoms with E-state index in [2.05, 4.69) is 0 Å². The first-order chi connectivity index (χ1) is 7.77. The number of aliphatic hydroxyl groups excluding tert-OH is 1. The third-order valence-electron chi connectivity index (χ3n) is 2.72. The summed E-state index contributed by atoms with van der Waals surface area (Å²) in [6.45, 7) is 7.29. The molecule has 3 nitrogen and oxygen atoms in total. The lowest BCUT2D eigenvalue weighted by molar-refractivity contribution is -0.135. The van der Waals surface area contributed by atoms with Crippen molar-refractivity contribution in [3.63, 3.8) is 0 Å². The van der Waals surface area contributed by atoms with E-state index in [-0.39, 0.29) is 5.78 Å². The third kappa shape index (κ3) is 3.07. The van der Waals surface area contributed by atoms with Crippen molar-refractivity contribution in [3.8, 4) is 5.75 Å². The highest BCUT2D eigenvalue weighted by Crippen LogP contribution is 2.28. The fourth-order valence-corrected chi connectivity index (χ4v) is 1.63. The molecule has 1 aromatic rings. The topological polar surface area (TPSA) is 46.5 Å². The van der Waals surface area contributed by atoms with Crippen molar-refractivity contribution in [1.82, 2.24) is 0 Å². The second-order valence-electron chi connectivity index (χ2n) is 5.25. The maximum Gasteiger partial charge on any atom is 0.171 e. The number of hydrogen-bond donors (Lipinski definition) is 1. The van der Waals surface area contributed by atoms with Gasteiger partial charge in [0.25, 0.3) is 0 Å². The Bertz CT molecular complexity index is 416. The Morgan fingerprint density at radius 2 is 1.94 bits per heavy atom. The van der Waals surface area contributed by atoms with Gasteiger partial charge in [-0.05, 0) is 30.2 Å². The molecule has 0 saturated heterocycles. The summed E-state index contributed by atoms with van der Waals surface area (Å²) in [5.41, 5.74) is 0.974. The lowest BCUT2D eigenvalue weighted by atomic mass is 9.85. The Hall–Kier alpha value is -1.35. The molecule has 0 spiro atoms. The zero-order valence-corrected chi connectivity index (χ0v) is 11.1. The molecule has 1 unspecified atom stereocenters. The molecule has 1 aromatic carbocycles. The molecule has 1 atom stereocenters. The third-order valence-corrected chi connectivity index (χ3v) is 2.72. The van der Waals surface area contributed by atoms with Crippen molar-refractivity contribution in [2.75, 3.05) is 7.11 Å². The summed E-state index contributed by atoms with van der Waals surface area (Å²) in [4.78, 5) is 11.9. The molecule has 1 N–H and O–H groups in total. The van der Waals surface area contributed by atoms with Crippen LogP contribution in [0.5, 0.6) is 5.75 Å². The Morgan fingerprint density at radius 1 is 1.35 bits per heavy atom. The van der Waals surface area contributed by atoms with Crippen LogP contribution in [0.15, 0.2) is 18.2 Å². The van der Waals surface area contributed by atoms with Gasteiger partial charge in [-0.3, -0.25) is 4.79 Å². The van der Waals surface area contributed by atoms with Gasteiger partial charge in [-0.15, -0.1) is 0 Å². The molecule has 0 aliphatic carbocycles. The minimum Gasteiger partial charge on any atom is -0.496 e. The second-order valence-corrected chi connectivity index (χ2v) is 5.25. The van der Waals surface area contributed by atoms with Gasteiger partial charge in [0.05, 0.1) is 7.11 Å². The molecule has 0 aliphatic heterocycles. The van der Waals surface area contributed by atoms with Gasteiger partial charge in [0.15, 0.2) is 5.78 Å². The molecule has 0 amide bonds. The van der Waals surface area contributed by atoms with E-state index >= 15 is 0 Å². The highest BCUT2D eigenvalue weighted by atomic mass is 16.5. The van der Waals surface area contributed by atoms with Gasteiger partial charge in [0.2, 0.25) is 0 Å². The summed E-state index contributed by atoms with van der Waals surface area (Å²) in [7, 11) is 1.60. The van der Waals surface area contributed by atoms with Crippen LogP contribution in [0.4, 0.5) is 0 Å². The van der Waals surface area contributed by atoms with Crippen molar-refractivity contribution < 1.29 is 14.6 Å². The molecule has 0 saturated carbocycles. The Morgan fingerprint density at radius 3 is 2.35 bits per heavy atom. The van der Waals surface area contributed by atoms with Crippen LogP contribution >= 0.6 is 0 Å². The highest BCUT2D eigenvalue weighted by molar-refractivity contribution is 5.88. The summed E-state index contributed by atoms with van der Waals surface area (Å²) in [6.07, 6.45) is -1.07. The average molecular weight is 236 g/mol. The number of aryl methyl sites for hydroxylation is 1. The molecule has 0 aromatic heterocycles. The molecule has 0 heterocycles. The highest BCUT2D eigenvalue weighted by Gasteiger charge is 2.29. The van der Waals surface area contributed by atoms with E-state index in [1.165, 1.54) is 0 Å². The number of carbonyl (C=O) groups excluding carboxylic acids is 1. The van der Waals surface area contributed by atoms with E-state index in [4.69, 9.17) is 4.74 Å². The predicted molar refractivity (Wildman–Crippen MR) is 67.2 cm³/mol. The maximum absolute atomic E-state index is 11.9. The van der Waals surface area contributed by atoms with Crippen LogP contribution in [0.1, 0.15) is 38.0 Å². The molecule has 0 bridgehead atoms. The van der Waals surface area contributed by atoms with Crippen LogP contribution in [-0.2, 0) is 4.79 Å². The maximum atomic E-state index is 11.9. The number of rotatable bonds is 3. The summed E-state index contributed by atoms with van der Waals surface area (Å²) in [5.74, 6) is 0.575. The van der Waals surface area contributed by atoms with E-state index in [0.29, 0.717) is 5.56 Å². The number of Topliss-reactive ketones (excluding diaryl/α,β-unsaturated/α-hetero) is 1. The number of ketones is 1. The van der Waals surface area contributed by atoms with Crippen LogP contribution in [-0.4, -0.2) is 18.0 Å². The van der Waals surface area contributed by atoms with Gasteiger partial charge in [0.1, 0.15) is 11.9 Å². The van der Waals surface area contributed by atoms with Gasteiger partial charge >= 0.3 is 0 Å².